The number of nitrogens with zero attached hydrogens (tertiary/aromatic N) is 2. The summed E-state index contributed by atoms with van der Waals surface area (Å²) in [4.78, 5) is 44.1. The van der Waals surface area contributed by atoms with Gasteiger partial charge in [0.25, 0.3) is 0 Å². The van der Waals surface area contributed by atoms with E-state index < -0.39 is 29.6 Å². The minimum atomic E-state index is -1.29. The first kappa shape index (κ1) is 28.2. The number of carbonyl (C=O) groups excluding carboxylic acids is 3. The highest BCUT2D eigenvalue weighted by atomic mass is 16.6. The molecule has 0 spiro atoms. The number of allylic oxidation sites excluding steroid dienone is 1. The second-order valence-corrected chi connectivity index (χ2v) is 12.2. The average Bonchev–Trinajstić information content (AvgIpc) is 3.16. The number of fused-ring (bicyclic) bond motifs is 1. The molecule has 0 aromatic rings. The number of Topliss-reactive ketones (excluding diaryl/α,β-unsaturated/α-hetero) is 1. The van der Waals surface area contributed by atoms with E-state index in [0.717, 1.165) is 58.3 Å². The lowest BCUT2D eigenvalue weighted by Gasteiger charge is -2.45. The van der Waals surface area contributed by atoms with Crippen LogP contribution in [0.15, 0.2) is 11.6 Å². The van der Waals surface area contributed by atoms with E-state index in [-0.39, 0.29) is 42.5 Å². The van der Waals surface area contributed by atoms with Crippen LogP contribution in [0.5, 0.6) is 0 Å². The van der Waals surface area contributed by atoms with Crippen LogP contribution in [0.25, 0.3) is 0 Å². The van der Waals surface area contributed by atoms with Gasteiger partial charge in [0.15, 0.2) is 5.78 Å². The van der Waals surface area contributed by atoms with E-state index in [4.69, 9.17) is 9.47 Å². The predicted octanol–water partition coefficient (Wildman–Crippen LogP) is 3.11. The van der Waals surface area contributed by atoms with Crippen molar-refractivity contribution >= 4 is 17.7 Å². The van der Waals surface area contributed by atoms with Gasteiger partial charge in [-0.3, -0.25) is 19.3 Å². The summed E-state index contributed by atoms with van der Waals surface area (Å²) < 4.78 is 12.0. The Kier molecular flexibility index (Phi) is 9.13. The molecule has 0 aromatic heterocycles. The number of hydrogen-bond acceptors (Lipinski definition) is 8. The number of likely N-dealkylation sites (tertiary alicyclic amines) is 2. The van der Waals surface area contributed by atoms with Crippen molar-refractivity contribution in [2.24, 2.45) is 17.8 Å². The first-order valence-corrected chi connectivity index (χ1v) is 14.4. The molecule has 8 nitrogen and oxygen atoms in total. The summed E-state index contributed by atoms with van der Waals surface area (Å²) in [7, 11) is 0. The first-order chi connectivity index (χ1) is 17.6. The van der Waals surface area contributed by atoms with Crippen LogP contribution in [0.2, 0.25) is 0 Å². The number of carbonyl (C=O) groups is 3. The van der Waals surface area contributed by atoms with Crippen molar-refractivity contribution in [3.8, 4) is 0 Å². The van der Waals surface area contributed by atoms with E-state index >= 15 is 0 Å². The Morgan fingerprint density at radius 2 is 1.73 bits per heavy atom. The minimum Gasteiger partial charge on any atom is -0.462 e. The second-order valence-electron chi connectivity index (χ2n) is 12.2. The van der Waals surface area contributed by atoms with Gasteiger partial charge in [-0.05, 0) is 77.4 Å². The summed E-state index contributed by atoms with van der Waals surface area (Å²) >= 11 is 0. The Morgan fingerprint density at radius 3 is 2.35 bits per heavy atom. The maximum absolute atomic E-state index is 13.3. The third kappa shape index (κ3) is 6.63. The Balaban J connectivity index is 1.72. The third-order valence-corrected chi connectivity index (χ3v) is 8.87. The van der Waals surface area contributed by atoms with Gasteiger partial charge in [-0.15, -0.1) is 0 Å². The Hall–Kier alpha value is -1.77. The standard InChI is InChI=1S/C29H46N2O6/c1-19(2)27(33)37-24-17-29(4,35)25(31-13-9-6-10-14-31)16-22(32)20(3)15-23-26(24)21(28(34)36-23)18-30-11-7-5-8-12-30/h15,19,21,23-26,35H,5-14,16-18H2,1-4H3/b20-15-/t21?,23-,24-,25?,26+,29-/m1/s1. The van der Waals surface area contributed by atoms with Crippen LogP contribution < -0.4 is 0 Å². The maximum Gasteiger partial charge on any atom is 0.311 e. The van der Waals surface area contributed by atoms with Crippen LogP contribution in [0.1, 0.15) is 79.1 Å². The zero-order chi connectivity index (χ0) is 26.7. The van der Waals surface area contributed by atoms with Crippen LogP contribution >= 0.6 is 0 Å². The molecule has 1 aliphatic carbocycles. The summed E-state index contributed by atoms with van der Waals surface area (Å²) in [5, 5.41) is 12.0. The van der Waals surface area contributed by atoms with Gasteiger partial charge >= 0.3 is 11.9 Å². The topological polar surface area (TPSA) is 96.4 Å². The van der Waals surface area contributed by atoms with E-state index in [2.05, 4.69) is 9.80 Å². The van der Waals surface area contributed by atoms with E-state index in [0.29, 0.717) is 12.1 Å². The average molecular weight is 519 g/mol. The minimum absolute atomic E-state index is 0.0391. The Bertz CT molecular complexity index is 872. The van der Waals surface area contributed by atoms with E-state index in [9.17, 15) is 19.5 Å². The van der Waals surface area contributed by atoms with E-state index in [1.807, 2.05) is 0 Å². The summed E-state index contributed by atoms with van der Waals surface area (Å²) in [6, 6.07) is -0.390. The number of esters is 2. The van der Waals surface area contributed by atoms with Crippen molar-refractivity contribution in [1.82, 2.24) is 9.80 Å². The van der Waals surface area contributed by atoms with Crippen molar-refractivity contribution in [3.05, 3.63) is 11.6 Å². The van der Waals surface area contributed by atoms with Gasteiger partial charge in [0.05, 0.1) is 23.4 Å². The highest BCUT2D eigenvalue weighted by Crippen LogP contribution is 2.41. The molecule has 4 rings (SSSR count). The second kappa shape index (κ2) is 12.0. The number of hydrogen-bond donors (Lipinski definition) is 1. The summed E-state index contributed by atoms with van der Waals surface area (Å²) in [6.07, 6.45) is 7.33. The molecule has 0 aromatic carbocycles. The number of ether oxygens (including phenoxy) is 2. The van der Waals surface area contributed by atoms with Crippen molar-refractivity contribution < 1.29 is 29.0 Å². The van der Waals surface area contributed by atoms with Crippen molar-refractivity contribution in [1.29, 1.82) is 0 Å². The van der Waals surface area contributed by atoms with Gasteiger partial charge in [-0.25, -0.2) is 0 Å². The van der Waals surface area contributed by atoms with E-state index in [1.54, 1.807) is 33.8 Å². The van der Waals surface area contributed by atoms with Crippen LogP contribution in [0.4, 0.5) is 0 Å². The van der Waals surface area contributed by atoms with Crippen LogP contribution in [-0.4, -0.2) is 89.2 Å². The molecule has 6 atom stereocenters. The Labute approximate surface area is 221 Å². The predicted molar refractivity (Wildman–Crippen MR) is 140 cm³/mol. The van der Waals surface area contributed by atoms with Gasteiger partial charge in [-0.2, -0.15) is 0 Å². The van der Waals surface area contributed by atoms with Crippen LogP contribution in [-0.2, 0) is 23.9 Å². The molecule has 4 aliphatic rings. The van der Waals surface area contributed by atoms with Gasteiger partial charge < -0.3 is 19.5 Å². The first-order valence-electron chi connectivity index (χ1n) is 14.4. The molecule has 3 heterocycles. The molecule has 3 saturated heterocycles. The van der Waals surface area contributed by atoms with Crippen molar-refractivity contribution in [3.63, 3.8) is 0 Å². The van der Waals surface area contributed by atoms with E-state index in [1.165, 1.54) is 6.42 Å². The van der Waals surface area contributed by atoms with Gasteiger partial charge in [0, 0.05) is 25.4 Å². The third-order valence-electron chi connectivity index (χ3n) is 8.87. The number of ketones is 1. The molecule has 37 heavy (non-hydrogen) atoms. The number of rotatable bonds is 5. The molecule has 0 amide bonds. The van der Waals surface area contributed by atoms with Gasteiger partial charge in [-0.1, -0.05) is 26.7 Å². The van der Waals surface area contributed by atoms with Gasteiger partial charge in [0.2, 0.25) is 0 Å². The molecule has 3 fully saturated rings. The zero-order valence-electron chi connectivity index (χ0n) is 23.1. The zero-order valence-corrected chi connectivity index (χ0v) is 23.1. The molecule has 3 aliphatic heterocycles. The molecule has 1 N–H and O–H groups in total. The molecule has 0 bridgehead atoms. The monoisotopic (exact) mass is 518 g/mol. The smallest absolute Gasteiger partial charge is 0.311 e. The highest BCUT2D eigenvalue weighted by molar-refractivity contribution is 5.95. The van der Waals surface area contributed by atoms with Crippen LogP contribution in [0.3, 0.4) is 0 Å². The maximum atomic E-state index is 13.3. The normalized spacial score (nSPS) is 38.0. The molecule has 0 radical (unpaired) electrons. The fourth-order valence-corrected chi connectivity index (χ4v) is 6.65. The highest BCUT2D eigenvalue weighted by Gasteiger charge is 2.53. The summed E-state index contributed by atoms with van der Waals surface area (Å²) in [5.41, 5.74) is -0.756. The number of aliphatic hydroxyl groups is 1. The lowest BCUT2D eigenvalue weighted by atomic mass is 9.75. The van der Waals surface area contributed by atoms with Gasteiger partial charge in [0.1, 0.15) is 12.2 Å². The van der Waals surface area contributed by atoms with Crippen molar-refractivity contribution in [2.45, 2.75) is 103 Å². The molecule has 0 saturated carbocycles. The molecular formula is C29H46N2O6. The SMILES string of the molecule is C/C1=C/[C@H]2OC(=O)C(CN3CCCCC3)[C@@H]2[C@H](OC(=O)C(C)C)C[C@@](C)(O)C(N2CCCCC2)CC1=O. The lowest BCUT2D eigenvalue weighted by molar-refractivity contribution is -0.164. The largest absolute Gasteiger partial charge is 0.462 e. The Morgan fingerprint density at radius 1 is 1.11 bits per heavy atom. The molecule has 208 valence electrons. The quantitative estimate of drug-likeness (QED) is 0.555. The number of piperidine rings is 2. The molecule has 8 heteroatoms. The summed E-state index contributed by atoms with van der Waals surface area (Å²) in [5.74, 6) is -1.99. The van der Waals surface area contributed by atoms with Crippen molar-refractivity contribution in [2.75, 3.05) is 32.7 Å². The lowest BCUT2D eigenvalue weighted by Crippen LogP contribution is -2.56. The molecule has 2 unspecified atom stereocenters. The molecular weight excluding hydrogens is 472 g/mol. The fraction of sp³-hybridized carbons (Fsp3) is 0.828. The van der Waals surface area contributed by atoms with Crippen LogP contribution in [0, 0.1) is 17.8 Å². The fourth-order valence-electron chi connectivity index (χ4n) is 6.65. The summed E-state index contributed by atoms with van der Waals surface area (Å²) in [6.45, 7) is 11.2.